The standard InChI is InChI=1S/C18H13FNO3P/c19-12-8-9-16-15-6-1-2-7-17(15)20(18(16)10-12)13-4-3-5-14(11-13)24(21,22)23/h1-11H,(H2,21,22,23). The second-order valence-corrected chi connectivity index (χ2v) is 7.18. The Balaban J connectivity index is 2.12. The topological polar surface area (TPSA) is 62.5 Å². The minimum absolute atomic E-state index is 0.0673. The van der Waals surface area contributed by atoms with Gasteiger partial charge in [0.1, 0.15) is 5.82 Å². The zero-order valence-corrected chi connectivity index (χ0v) is 13.3. The summed E-state index contributed by atoms with van der Waals surface area (Å²) in [5.41, 5.74) is 2.08. The van der Waals surface area contributed by atoms with Gasteiger partial charge in [-0.3, -0.25) is 4.57 Å². The maximum atomic E-state index is 13.8. The van der Waals surface area contributed by atoms with Crippen molar-refractivity contribution in [1.82, 2.24) is 4.57 Å². The van der Waals surface area contributed by atoms with E-state index in [0.29, 0.717) is 11.2 Å². The third-order valence-electron chi connectivity index (χ3n) is 4.06. The molecule has 0 unspecified atom stereocenters. The highest BCUT2D eigenvalue weighted by Gasteiger charge is 2.19. The fourth-order valence-electron chi connectivity index (χ4n) is 3.04. The molecule has 4 aromatic rings. The van der Waals surface area contributed by atoms with E-state index in [1.165, 1.54) is 24.3 Å². The van der Waals surface area contributed by atoms with E-state index in [2.05, 4.69) is 0 Å². The zero-order valence-electron chi connectivity index (χ0n) is 12.4. The Kier molecular flexibility index (Phi) is 3.32. The summed E-state index contributed by atoms with van der Waals surface area (Å²) >= 11 is 0. The summed E-state index contributed by atoms with van der Waals surface area (Å²) in [4.78, 5) is 18.8. The molecule has 1 aromatic heterocycles. The number of hydrogen-bond acceptors (Lipinski definition) is 1. The van der Waals surface area contributed by atoms with E-state index in [-0.39, 0.29) is 11.1 Å². The number of halogens is 1. The predicted molar refractivity (Wildman–Crippen MR) is 92.4 cm³/mol. The van der Waals surface area contributed by atoms with Crippen molar-refractivity contribution in [2.45, 2.75) is 0 Å². The lowest BCUT2D eigenvalue weighted by Crippen LogP contribution is -2.06. The van der Waals surface area contributed by atoms with Crippen molar-refractivity contribution >= 4 is 34.7 Å². The average molecular weight is 341 g/mol. The molecule has 0 saturated carbocycles. The molecule has 3 aromatic carbocycles. The van der Waals surface area contributed by atoms with Crippen LogP contribution in [0.2, 0.25) is 0 Å². The molecule has 0 aliphatic rings. The lowest BCUT2D eigenvalue weighted by Gasteiger charge is -2.10. The van der Waals surface area contributed by atoms with Crippen LogP contribution in [0.25, 0.3) is 27.5 Å². The van der Waals surface area contributed by atoms with Gasteiger partial charge in [-0.15, -0.1) is 0 Å². The Labute approximate surface area is 136 Å². The largest absolute Gasteiger partial charge is 0.356 e. The van der Waals surface area contributed by atoms with Crippen LogP contribution in [0, 0.1) is 5.82 Å². The quantitative estimate of drug-likeness (QED) is 0.546. The molecule has 0 atom stereocenters. The lowest BCUT2D eigenvalue weighted by molar-refractivity contribution is 0.387. The monoisotopic (exact) mass is 341 g/mol. The molecule has 0 fully saturated rings. The summed E-state index contributed by atoms with van der Waals surface area (Å²) < 4.78 is 27.2. The molecular weight excluding hydrogens is 328 g/mol. The fraction of sp³-hybridized carbons (Fsp3) is 0. The highest BCUT2D eigenvalue weighted by Crippen LogP contribution is 2.36. The van der Waals surface area contributed by atoms with Crippen molar-refractivity contribution in [3.05, 3.63) is 72.5 Å². The van der Waals surface area contributed by atoms with Gasteiger partial charge in [-0.25, -0.2) is 4.39 Å². The van der Waals surface area contributed by atoms with Crippen molar-refractivity contribution in [3.63, 3.8) is 0 Å². The maximum Gasteiger partial charge on any atom is 0.356 e. The van der Waals surface area contributed by atoms with Crippen LogP contribution in [0.5, 0.6) is 0 Å². The molecule has 120 valence electrons. The van der Waals surface area contributed by atoms with E-state index in [9.17, 15) is 18.7 Å². The SMILES string of the molecule is O=P(O)(O)c1cccc(-n2c3ccccc3c3ccc(F)cc32)c1. The second-order valence-electron chi connectivity index (χ2n) is 5.58. The summed E-state index contributed by atoms with van der Waals surface area (Å²) in [5.74, 6) is -0.363. The number of fused-ring (bicyclic) bond motifs is 3. The predicted octanol–water partition coefficient (Wildman–Crippen LogP) is 3.73. The molecule has 2 N–H and O–H groups in total. The Morgan fingerprint density at radius 1 is 0.833 bits per heavy atom. The van der Waals surface area contributed by atoms with Crippen LogP contribution in [0.3, 0.4) is 0 Å². The second kappa shape index (κ2) is 5.28. The molecule has 0 amide bonds. The first-order valence-corrected chi connectivity index (χ1v) is 8.92. The molecule has 0 saturated heterocycles. The summed E-state index contributed by atoms with van der Waals surface area (Å²) in [7, 11) is -4.36. The summed E-state index contributed by atoms with van der Waals surface area (Å²) in [6, 6.07) is 18.3. The smallest absolute Gasteiger partial charge is 0.321 e. The summed E-state index contributed by atoms with van der Waals surface area (Å²) in [6.45, 7) is 0. The number of para-hydroxylation sites is 1. The first-order valence-electron chi connectivity index (χ1n) is 7.30. The Morgan fingerprint density at radius 3 is 2.38 bits per heavy atom. The minimum atomic E-state index is -4.36. The molecular formula is C18H13FNO3P. The van der Waals surface area contributed by atoms with E-state index in [1.807, 2.05) is 28.8 Å². The van der Waals surface area contributed by atoms with Gasteiger partial charge in [0, 0.05) is 16.5 Å². The minimum Gasteiger partial charge on any atom is -0.321 e. The number of hydrogen-bond donors (Lipinski definition) is 2. The molecule has 4 rings (SSSR count). The average Bonchev–Trinajstić information content (AvgIpc) is 2.87. The van der Waals surface area contributed by atoms with Gasteiger partial charge in [0.05, 0.1) is 16.3 Å². The van der Waals surface area contributed by atoms with Crippen molar-refractivity contribution in [3.8, 4) is 5.69 Å². The van der Waals surface area contributed by atoms with Crippen LogP contribution in [0.1, 0.15) is 0 Å². The van der Waals surface area contributed by atoms with E-state index >= 15 is 0 Å². The van der Waals surface area contributed by atoms with Gasteiger partial charge < -0.3 is 14.4 Å². The normalized spacial score (nSPS) is 12.1. The number of nitrogens with zero attached hydrogens (tertiary/aromatic N) is 1. The van der Waals surface area contributed by atoms with E-state index < -0.39 is 7.60 Å². The number of aromatic nitrogens is 1. The summed E-state index contributed by atoms with van der Waals surface area (Å²) in [6.07, 6.45) is 0. The molecule has 4 nitrogen and oxygen atoms in total. The van der Waals surface area contributed by atoms with Crippen molar-refractivity contribution in [2.24, 2.45) is 0 Å². The van der Waals surface area contributed by atoms with Crippen molar-refractivity contribution in [1.29, 1.82) is 0 Å². The summed E-state index contributed by atoms with van der Waals surface area (Å²) in [5, 5.41) is 1.77. The first-order chi connectivity index (χ1) is 11.4. The Morgan fingerprint density at radius 2 is 1.58 bits per heavy atom. The van der Waals surface area contributed by atoms with Crippen molar-refractivity contribution < 1.29 is 18.7 Å². The van der Waals surface area contributed by atoms with E-state index in [0.717, 1.165) is 16.3 Å². The van der Waals surface area contributed by atoms with E-state index in [1.54, 1.807) is 18.2 Å². The molecule has 24 heavy (non-hydrogen) atoms. The van der Waals surface area contributed by atoms with Gasteiger partial charge in [-0.2, -0.15) is 0 Å². The van der Waals surface area contributed by atoms with Crippen molar-refractivity contribution in [2.75, 3.05) is 0 Å². The molecule has 0 aliphatic carbocycles. The zero-order chi connectivity index (χ0) is 16.9. The van der Waals surface area contributed by atoms with Gasteiger partial charge in [0.15, 0.2) is 0 Å². The third kappa shape index (κ3) is 2.34. The van der Waals surface area contributed by atoms with Crippen LogP contribution in [-0.2, 0) is 4.57 Å². The van der Waals surface area contributed by atoms with Gasteiger partial charge in [-0.05, 0) is 42.5 Å². The molecule has 0 radical (unpaired) electrons. The van der Waals surface area contributed by atoms with Gasteiger partial charge in [-0.1, -0.05) is 24.3 Å². The fourth-order valence-corrected chi connectivity index (χ4v) is 3.62. The van der Waals surface area contributed by atoms with Crippen LogP contribution < -0.4 is 5.30 Å². The van der Waals surface area contributed by atoms with Crippen LogP contribution in [0.4, 0.5) is 4.39 Å². The molecule has 1 heterocycles. The van der Waals surface area contributed by atoms with Crippen LogP contribution in [0.15, 0.2) is 66.7 Å². The first kappa shape index (κ1) is 15.1. The lowest BCUT2D eigenvalue weighted by atomic mass is 10.1. The van der Waals surface area contributed by atoms with Gasteiger partial charge in [0.2, 0.25) is 0 Å². The number of rotatable bonds is 2. The highest BCUT2D eigenvalue weighted by molar-refractivity contribution is 7.60. The molecule has 0 bridgehead atoms. The number of benzene rings is 3. The molecule has 0 spiro atoms. The van der Waals surface area contributed by atoms with E-state index in [4.69, 9.17) is 0 Å². The van der Waals surface area contributed by atoms with Gasteiger partial charge in [0.25, 0.3) is 0 Å². The van der Waals surface area contributed by atoms with Gasteiger partial charge >= 0.3 is 7.60 Å². The Hall–Kier alpha value is -2.46. The third-order valence-corrected chi connectivity index (χ3v) is 5.01. The van der Waals surface area contributed by atoms with Crippen LogP contribution in [-0.4, -0.2) is 14.4 Å². The van der Waals surface area contributed by atoms with Crippen LogP contribution >= 0.6 is 7.60 Å². The Bertz CT molecular complexity index is 1130. The molecule has 6 heteroatoms. The molecule has 0 aliphatic heterocycles. The maximum absolute atomic E-state index is 13.8. The highest BCUT2D eigenvalue weighted by atomic mass is 31.2.